The van der Waals surface area contributed by atoms with Gasteiger partial charge >= 0.3 is 5.97 Å². The second-order valence-corrected chi connectivity index (χ2v) is 7.23. The number of amidine groups is 2. The number of anilines is 2. The summed E-state index contributed by atoms with van der Waals surface area (Å²) in [6, 6.07) is 20.4. The highest BCUT2D eigenvalue weighted by atomic mass is 16.4. The zero-order valence-electron chi connectivity index (χ0n) is 16.3. The molecule has 3 heterocycles. The summed E-state index contributed by atoms with van der Waals surface area (Å²) in [7, 11) is 0. The maximum atomic E-state index is 12.2. The maximum Gasteiger partial charge on any atom is 0.337 e. The number of carboxylic acids is 1. The highest BCUT2D eigenvalue weighted by Crippen LogP contribution is 2.52. The molecule has 9 nitrogen and oxygen atoms in total. The summed E-state index contributed by atoms with van der Waals surface area (Å²) in [4.78, 5) is 16.2. The topological polar surface area (TPSA) is 133 Å². The number of nitrogens with two attached hydrogens (primary N) is 2. The first-order valence-corrected chi connectivity index (χ1v) is 9.61. The number of rotatable bonds is 4. The molecule has 31 heavy (non-hydrogen) atoms. The van der Waals surface area contributed by atoms with E-state index in [1.165, 1.54) is 6.20 Å². The van der Waals surface area contributed by atoms with Crippen molar-refractivity contribution in [1.29, 1.82) is 0 Å². The van der Waals surface area contributed by atoms with Crippen LogP contribution in [0.25, 0.3) is 0 Å². The van der Waals surface area contributed by atoms with Crippen LogP contribution < -0.4 is 21.5 Å². The SMILES string of the molecule is NC1=NN(c2ccccc2)C2(c3ccncc3C(=O)O)C1C(N)=NN2c1ccccc1. The van der Waals surface area contributed by atoms with Crippen LogP contribution >= 0.6 is 0 Å². The second-order valence-electron chi connectivity index (χ2n) is 7.23. The summed E-state index contributed by atoms with van der Waals surface area (Å²) >= 11 is 0. The van der Waals surface area contributed by atoms with Crippen molar-refractivity contribution in [2.75, 3.05) is 10.0 Å². The Labute approximate surface area is 177 Å². The normalized spacial score (nSPS) is 22.1. The molecule has 2 aromatic carbocycles. The smallest absolute Gasteiger partial charge is 0.337 e. The third kappa shape index (κ3) is 2.56. The van der Waals surface area contributed by atoms with E-state index in [0.29, 0.717) is 16.9 Å². The predicted molar refractivity (Wildman–Crippen MR) is 117 cm³/mol. The minimum atomic E-state index is -1.26. The highest BCUT2D eigenvalue weighted by molar-refractivity contribution is 6.11. The maximum absolute atomic E-state index is 12.2. The molecular formula is C22H19N7O2. The molecule has 3 aromatic rings. The Hall–Kier alpha value is -4.40. The number of pyridine rings is 1. The van der Waals surface area contributed by atoms with Gasteiger partial charge in [0.2, 0.25) is 0 Å². The highest BCUT2D eigenvalue weighted by Gasteiger charge is 2.63. The Bertz CT molecular complexity index is 1150. The monoisotopic (exact) mass is 413 g/mol. The molecule has 5 rings (SSSR count). The number of nitrogens with zero attached hydrogens (tertiary/aromatic N) is 5. The van der Waals surface area contributed by atoms with Gasteiger partial charge in [0.05, 0.1) is 16.9 Å². The number of hydrogen-bond acceptors (Lipinski definition) is 8. The van der Waals surface area contributed by atoms with Crippen LogP contribution in [-0.4, -0.2) is 27.7 Å². The molecule has 0 unspecified atom stereocenters. The number of fused-ring (bicyclic) bond motifs is 1. The van der Waals surface area contributed by atoms with Gasteiger partial charge in [-0.25, -0.2) is 14.8 Å². The van der Waals surface area contributed by atoms with Crippen LogP contribution in [0.3, 0.4) is 0 Å². The molecule has 0 atom stereocenters. The summed E-state index contributed by atoms with van der Waals surface area (Å²) < 4.78 is 0. The number of aromatic carboxylic acids is 1. The van der Waals surface area contributed by atoms with Gasteiger partial charge in [-0.1, -0.05) is 36.4 Å². The molecule has 0 fully saturated rings. The molecule has 0 bridgehead atoms. The minimum absolute atomic E-state index is 0.0177. The quantitative estimate of drug-likeness (QED) is 0.597. The molecule has 2 aliphatic heterocycles. The third-order valence-electron chi connectivity index (χ3n) is 5.52. The van der Waals surface area contributed by atoms with Gasteiger partial charge in [0.1, 0.15) is 17.6 Å². The molecular weight excluding hydrogens is 394 g/mol. The zero-order valence-corrected chi connectivity index (χ0v) is 16.3. The number of aromatic nitrogens is 1. The number of benzene rings is 2. The molecule has 0 spiro atoms. The van der Waals surface area contributed by atoms with Crippen molar-refractivity contribution in [3.8, 4) is 0 Å². The summed E-state index contributed by atoms with van der Waals surface area (Å²) in [6.45, 7) is 0. The lowest BCUT2D eigenvalue weighted by molar-refractivity contribution is 0.0693. The van der Waals surface area contributed by atoms with Crippen molar-refractivity contribution in [2.24, 2.45) is 27.6 Å². The van der Waals surface area contributed by atoms with E-state index >= 15 is 0 Å². The van der Waals surface area contributed by atoms with Crippen molar-refractivity contribution in [2.45, 2.75) is 5.66 Å². The van der Waals surface area contributed by atoms with Crippen LogP contribution in [0.1, 0.15) is 15.9 Å². The van der Waals surface area contributed by atoms with E-state index in [9.17, 15) is 9.90 Å². The summed E-state index contributed by atoms with van der Waals surface area (Å²) in [6.07, 6.45) is 2.86. The molecule has 2 aliphatic rings. The lowest BCUT2D eigenvalue weighted by Gasteiger charge is -2.44. The van der Waals surface area contributed by atoms with Crippen LogP contribution in [0.15, 0.2) is 89.3 Å². The van der Waals surface area contributed by atoms with E-state index < -0.39 is 17.6 Å². The van der Waals surface area contributed by atoms with Crippen LogP contribution in [0.5, 0.6) is 0 Å². The average molecular weight is 413 g/mol. The Morgan fingerprint density at radius 3 is 1.87 bits per heavy atom. The number of carbonyl (C=O) groups is 1. The number of para-hydroxylation sites is 2. The van der Waals surface area contributed by atoms with Crippen molar-refractivity contribution >= 4 is 29.0 Å². The minimum Gasteiger partial charge on any atom is -0.478 e. The van der Waals surface area contributed by atoms with Crippen LogP contribution in [0, 0.1) is 5.92 Å². The van der Waals surface area contributed by atoms with E-state index in [-0.39, 0.29) is 17.2 Å². The fourth-order valence-corrected chi connectivity index (χ4v) is 4.31. The summed E-state index contributed by atoms with van der Waals surface area (Å²) in [5.41, 5.74) is 13.4. The largest absolute Gasteiger partial charge is 0.478 e. The number of carboxylic acid groups (broad SMARTS) is 1. The van der Waals surface area contributed by atoms with Gasteiger partial charge in [-0.15, -0.1) is 0 Å². The molecule has 0 saturated carbocycles. The molecule has 0 saturated heterocycles. The van der Waals surface area contributed by atoms with Gasteiger partial charge in [0, 0.05) is 18.0 Å². The zero-order chi connectivity index (χ0) is 21.6. The van der Waals surface area contributed by atoms with Crippen molar-refractivity contribution in [1.82, 2.24) is 4.98 Å². The average Bonchev–Trinajstić information content (AvgIpc) is 3.28. The Morgan fingerprint density at radius 1 is 0.871 bits per heavy atom. The van der Waals surface area contributed by atoms with Gasteiger partial charge in [-0.2, -0.15) is 10.2 Å². The molecule has 9 heteroatoms. The van der Waals surface area contributed by atoms with Gasteiger partial charge < -0.3 is 16.6 Å². The van der Waals surface area contributed by atoms with E-state index in [0.717, 1.165) is 0 Å². The summed E-state index contributed by atoms with van der Waals surface area (Å²) in [5, 5.41) is 22.6. The number of hydrogen-bond donors (Lipinski definition) is 3. The second kappa shape index (κ2) is 6.84. The van der Waals surface area contributed by atoms with Crippen LogP contribution in [0.2, 0.25) is 0 Å². The van der Waals surface area contributed by atoms with Gasteiger partial charge in [0.25, 0.3) is 0 Å². The van der Waals surface area contributed by atoms with E-state index in [4.69, 9.17) is 11.5 Å². The van der Waals surface area contributed by atoms with Crippen molar-refractivity contribution in [3.05, 3.63) is 90.3 Å². The van der Waals surface area contributed by atoms with Crippen LogP contribution in [-0.2, 0) is 5.66 Å². The fraction of sp³-hybridized carbons (Fsp3) is 0.0909. The first kappa shape index (κ1) is 18.6. The van der Waals surface area contributed by atoms with Gasteiger partial charge in [-0.3, -0.25) is 4.98 Å². The first-order valence-electron chi connectivity index (χ1n) is 9.61. The van der Waals surface area contributed by atoms with Crippen molar-refractivity contribution < 1.29 is 9.90 Å². The molecule has 1 aromatic heterocycles. The first-order chi connectivity index (χ1) is 15.0. The lowest BCUT2D eigenvalue weighted by Crippen LogP contribution is -2.57. The standard InChI is InChI=1S/C22H19N7O2/c23-19-18-20(24)27-29(15-9-5-2-6-10-15)22(18,17-11-12-25-13-16(17)21(30)31)28(26-19)14-7-3-1-4-8-14/h1-13,18H,(H2,23,26)(H2,24,27)(H,30,31). The fourth-order valence-electron chi connectivity index (χ4n) is 4.31. The van der Waals surface area contributed by atoms with Gasteiger partial charge in [0.15, 0.2) is 5.66 Å². The number of hydrazone groups is 2. The molecule has 0 radical (unpaired) electrons. The molecule has 154 valence electrons. The molecule has 0 aliphatic carbocycles. The Morgan fingerprint density at radius 2 is 1.39 bits per heavy atom. The molecule has 5 N–H and O–H groups in total. The van der Waals surface area contributed by atoms with Crippen molar-refractivity contribution in [3.63, 3.8) is 0 Å². The van der Waals surface area contributed by atoms with E-state index in [1.807, 2.05) is 60.7 Å². The lowest BCUT2D eigenvalue weighted by atomic mass is 9.82. The molecule has 0 amide bonds. The Kier molecular flexibility index (Phi) is 4.11. The third-order valence-corrected chi connectivity index (χ3v) is 5.52. The predicted octanol–water partition coefficient (Wildman–Crippen LogP) is 2.13. The summed E-state index contributed by atoms with van der Waals surface area (Å²) in [5.74, 6) is -1.30. The van der Waals surface area contributed by atoms with Crippen LogP contribution in [0.4, 0.5) is 11.4 Å². The Balaban J connectivity index is 1.86. The van der Waals surface area contributed by atoms with Gasteiger partial charge in [-0.05, 0) is 30.3 Å². The van der Waals surface area contributed by atoms with E-state index in [2.05, 4.69) is 15.2 Å². The van der Waals surface area contributed by atoms with E-state index in [1.54, 1.807) is 22.3 Å².